The predicted octanol–water partition coefficient (Wildman–Crippen LogP) is 4.35. The highest BCUT2D eigenvalue weighted by Gasteiger charge is 2.02. The number of rotatable bonds is 1. The summed E-state index contributed by atoms with van der Waals surface area (Å²) in [6, 6.07) is 14.9. The van der Waals surface area contributed by atoms with Gasteiger partial charge in [-0.2, -0.15) is 0 Å². The highest BCUT2D eigenvalue weighted by molar-refractivity contribution is 6.07. The van der Waals surface area contributed by atoms with E-state index in [0.29, 0.717) is 0 Å². The van der Waals surface area contributed by atoms with Gasteiger partial charge in [0, 0.05) is 21.8 Å². The van der Waals surface area contributed by atoms with Gasteiger partial charge >= 0.3 is 0 Å². The Kier molecular flexibility index (Phi) is 2.03. The molecular weight excluding hydrogens is 194 g/mol. The topological polar surface area (TPSA) is 15.8 Å². The molecule has 0 atom stereocenters. The molecule has 1 aromatic heterocycles. The third-order valence-electron chi connectivity index (χ3n) is 2.89. The summed E-state index contributed by atoms with van der Waals surface area (Å²) >= 11 is 0. The number of hydrogen-bond donors (Lipinski definition) is 1. The van der Waals surface area contributed by atoms with Crippen LogP contribution in [-0.2, 0) is 0 Å². The molecule has 3 aromatic rings. The Labute approximate surface area is 94.4 Å². The molecule has 1 N–H and O–H groups in total. The van der Waals surface area contributed by atoms with Gasteiger partial charge in [-0.3, -0.25) is 0 Å². The van der Waals surface area contributed by atoms with Gasteiger partial charge in [-0.25, -0.2) is 0 Å². The van der Waals surface area contributed by atoms with Gasteiger partial charge in [0.2, 0.25) is 0 Å². The van der Waals surface area contributed by atoms with Gasteiger partial charge in [-0.1, -0.05) is 36.4 Å². The van der Waals surface area contributed by atoms with Crippen LogP contribution in [0.1, 0.15) is 12.5 Å². The normalized spacial score (nSPS) is 11.8. The molecule has 0 amide bonds. The molecule has 1 nitrogen and oxygen atoms in total. The fourth-order valence-corrected chi connectivity index (χ4v) is 2.16. The Balaban J connectivity index is 2.39. The first-order chi connectivity index (χ1) is 7.88. The summed E-state index contributed by atoms with van der Waals surface area (Å²) < 4.78 is 0. The number of allylic oxidation sites excluding steroid dienone is 1. The fourth-order valence-electron chi connectivity index (χ4n) is 2.16. The Bertz CT molecular complexity index is 674. The van der Waals surface area contributed by atoms with Gasteiger partial charge in [-0.05, 0) is 30.7 Å². The van der Waals surface area contributed by atoms with Crippen molar-refractivity contribution in [2.24, 2.45) is 0 Å². The average molecular weight is 207 g/mol. The summed E-state index contributed by atoms with van der Waals surface area (Å²) in [5, 5.41) is 2.59. The molecule has 0 radical (unpaired) electrons. The van der Waals surface area contributed by atoms with Crippen LogP contribution >= 0.6 is 0 Å². The number of hydrogen-bond acceptors (Lipinski definition) is 0. The molecule has 16 heavy (non-hydrogen) atoms. The summed E-state index contributed by atoms with van der Waals surface area (Å²) in [5.74, 6) is 0. The lowest BCUT2D eigenvalue weighted by atomic mass is 10.1. The molecule has 0 saturated heterocycles. The minimum atomic E-state index is 1.20. The maximum atomic E-state index is 3.42. The van der Waals surface area contributed by atoms with Crippen LogP contribution in [-0.4, -0.2) is 4.98 Å². The van der Waals surface area contributed by atoms with Crippen LogP contribution in [0.2, 0.25) is 0 Å². The van der Waals surface area contributed by atoms with Crippen molar-refractivity contribution in [2.75, 3.05) is 0 Å². The van der Waals surface area contributed by atoms with Crippen LogP contribution in [0, 0.1) is 0 Å². The van der Waals surface area contributed by atoms with Crippen molar-refractivity contribution in [3.05, 3.63) is 54.1 Å². The maximum Gasteiger partial charge on any atom is 0.0465 e. The lowest BCUT2D eigenvalue weighted by Gasteiger charge is -1.94. The van der Waals surface area contributed by atoms with Crippen molar-refractivity contribution >= 4 is 27.9 Å². The molecule has 0 aliphatic rings. The predicted molar refractivity (Wildman–Crippen MR) is 70.5 cm³/mol. The number of benzene rings is 2. The molecule has 0 saturated carbocycles. The Hall–Kier alpha value is -2.02. The van der Waals surface area contributed by atoms with Crippen molar-refractivity contribution in [3.8, 4) is 0 Å². The van der Waals surface area contributed by atoms with Crippen molar-refractivity contribution in [1.29, 1.82) is 0 Å². The summed E-state index contributed by atoms with van der Waals surface area (Å²) in [4.78, 5) is 3.42. The standard InChI is InChI=1S/C15H13N/c1-2-5-11-8-9-15-13(10-11)12-6-3-4-7-14(12)16-15/h2-10,16H,1H3/b5-2+. The molecular formula is C15H13N. The molecule has 0 unspecified atom stereocenters. The van der Waals surface area contributed by atoms with Crippen molar-refractivity contribution in [3.63, 3.8) is 0 Å². The zero-order valence-corrected chi connectivity index (χ0v) is 9.20. The first kappa shape index (κ1) is 9.22. The van der Waals surface area contributed by atoms with Crippen molar-refractivity contribution in [1.82, 2.24) is 4.98 Å². The van der Waals surface area contributed by atoms with Gasteiger partial charge in [0.05, 0.1) is 0 Å². The SMILES string of the molecule is C/C=C/c1ccc2[nH]c3ccccc3c2c1. The minimum absolute atomic E-state index is 1.20. The summed E-state index contributed by atoms with van der Waals surface area (Å²) in [7, 11) is 0. The van der Waals surface area contributed by atoms with Gasteiger partial charge in [0.25, 0.3) is 0 Å². The monoisotopic (exact) mass is 207 g/mol. The molecule has 1 heterocycles. The van der Waals surface area contributed by atoms with Crippen molar-refractivity contribution < 1.29 is 0 Å². The molecule has 1 heteroatoms. The lowest BCUT2D eigenvalue weighted by Crippen LogP contribution is -1.72. The molecule has 0 fully saturated rings. The number of H-pyrrole nitrogens is 1. The van der Waals surface area contributed by atoms with E-state index in [-0.39, 0.29) is 0 Å². The van der Waals surface area contributed by atoms with Crippen LogP contribution in [0.5, 0.6) is 0 Å². The zero-order chi connectivity index (χ0) is 11.0. The smallest absolute Gasteiger partial charge is 0.0465 e. The van der Waals surface area contributed by atoms with Crippen LogP contribution in [0.25, 0.3) is 27.9 Å². The third kappa shape index (κ3) is 1.33. The van der Waals surface area contributed by atoms with Crippen molar-refractivity contribution in [2.45, 2.75) is 6.92 Å². The van der Waals surface area contributed by atoms with Crippen LogP contribution < -0.4 is 0 Å². The van der Waals surface area contributed by atoms with Gasteiger partial charge < -0.3 is 4.98 Å². The molecule has 0 spiro atoms. The minimum Gasteiger partial charge on any atom is -0.355 e. The van der Waals surface area contributed by atoms with E-state index < -0.39 is 0 Å². The van der Waals surface area contributed by atoms with E-state index in [0.717, 1.165) is 0 Å². The quantitative estimate of drug-likeness (QED) is 0.610. The Morgan fingerprint density at radius 2 is 1.75 bits per heavy atom. The number of aromatic nitrogens is 1. The molecule has 0 aliphatic heterocycles. The van der Waals surface area contributed by atoms with Crippen LogP contribution in [0.15, 0.2) is 48.5 Å². The summed E-state index contributed by atoms with van der Waals surface area (Å²) in [6.45, 7) is 2.04. The van der Waals surface area contributed by atoms with E-state index in [1.54, 1.807) is 0 Å². The van der Waals surface area contributed by atoms with E-state index in [4.69, 9.17) is 0 Å². The Morgan fingerprint density at radius 1 is 0.938 bits per heavy atom. The first-order valence-corrected chi connectivity index (χ1v) is 5.51. The Morgan fingerprint density at radius 3 is 2.62 bits per heavy atom. The van der Waals surface area contributed by atoms with Gasteiger partial charge in [0.1, 0.15) is 0 Å². The molecule has 0 aliphatic carbocycles. The number of aromatic amines is 1. The molecule has 2 aromatic carbocycles. The fraction of sp³-hybridized carbons (Fsp3) is 0.0667. The second kappa shape index (κ2) is 3.53. The maximum absolute atomic E-state index is 3.42. The van der Waals surface area contributed by atoms with Gasteiger partial charge in [-0.15, -0.1) is 0 Å². The highest BCUT2D eigenvalue weighted by Crippen LogP contribution is 2.26. The van der Waals surface area contributed by atoms with E-state index in [2.05, 4.69) is 59.6 Å². The van der Waals surface area contributed by atoms with Crippen LogP contribution in [0.3, 0.4) is 0 Å². The highest BCUT2D eigenvalue weighted by atomic mass is 14.7. The van der Waals surface area contributed by atoms with Gasteiger partial charge in [0.15, 0.2) is 0 Å². The lowest BCUT2D eigenvalue weighted by molar-refractivity contribution is 1.54. The summed E-state index contributed by atoms with van der Waals surface area (Å²) in [6.07, 6.45) is 4.19. The second-order valence-electron chi connectivity index (χ2n) is 3.98. The van der Waals surface area contributed by atoms with E-state index in [1.807, 2.05) is 6.92 Å². The summed E-state index contributed by atoms with van der Waals surface area (Å²) in [5.41, 5.74) is 3.66. The molecule has 0 bridgehead atoms. The van der Waals surface area contributed by atoms with Crippen LogP contribution in [0.4, 0.5) is 0 Å². The number of fused-ring (bicyclic) bond motifs is 3. The van der Waals surface area contributed by atoms with E-state index in [9.17, 15) is 0 Å². The number of para-hydroxylation sites is 1. The molecule has 3 rings (SSSR count). The third-order valence-corrected chi connectivity index (χ3v) is 2.89. The second-order valence-corrected chi connectivity index (χ2v) is 3.98. The average Bonchev–Trinajstić information content (AvgIpc) is 2.68. The first-order valence-electron chi connectivity index (χ1n) is 5.51. The van der Waals surface area contributed by atoms with E-state index in [1.165, 1.54) is 27.4 Å². The molecule has 78 valence electrons. The van der Waals surface area contributed by atoms with E-state index >= 15 is 0 Å². The zero-order valence-electron chi connectivity index (χ0n) is 9.20. The largest absolute Gasteiger partial charge is 0.355 e. The number of nitrogens with one attached hydrogen (secondary N) is 1.